The molecule has 0 bridgehead atoms. The molecule has 1 aliphatic heterocycles. The van der Waals surface area contributed by atoms with E-state index >= 15 is 0 Å². The van der Waals surface area contributed by atoms with E-state index in [-0.39, 0.29) is 0 Å². The second kappa shape index (κ2) is 4.86. The van der Waals surface area contributed by atoms with E-state index < -0.39 is 0 Å². The van der Waals surface area contributed by atoms with E-state index in [2.05, 4.69) is 29.5 Å². The summed E-state index contributed by atoms with van der Waals surface area (Å²) in [6, 6.07) is 0.512. The molecule has 3 nitrogen and oxygen atoms in total. The van der Waals surface area contributed by atoms with Crippen LogP contribution in [0.4, 0.5) is 0 Å². The Labute approximate surface area is 92.7 Å². The van der Waals surface area contributed by atoms with E-state index in [9.17, 15) is 0 Å². The smallest absolute Gasteiger partial charge is 0.191 e. The fourth-order valence-electron chi connectivity index (χ4n) is 2.81. The Balaban J connectivity index is 1.73. The molecule has 0 spiro atoms. The third-order valence-electron chi connectivity index (χ3n) is 3.78. The van der Waals surface area contributed by atoms with Crippen LogP contribution in [0.3, 0.4) is 0 Å². The third kappa shape index (κ3) is 2.64. The average molecular weight is 209 g/mol. The van der Waals surface area contributed by atoms with Gasteiger partial charge in [-0.05, 0) is 25.2 Å². The molecule has 0 aromatic heterocycles. The Bertz CT molecular complexity index is 237. The van der Waals surface area contributed by atoms with Crippen molar-refractivity contribution in [3.8, 4) is 0 Å². The molecule has 0 aromatic rings. The number of rotatable bonds is 3. The summed E-state index contributed by atoms with van der Waals surface area (Å²) in [5.74, 6) is 2.83. The molecule has 3 heteroatoms. The van der Waals surface area contributed by atoms with Crippen LogP contribution in [0.2, 0.25) is 0 Å². The summed E-state index contributed by atoms with van der Waals surface area (Å²) in [5.41, 5.74) is 0. The molecular weight excluding hydrogens is 186 g/mol. The molecule has 3 unspecified atom stereocenters. The van der Waals surface area contributed by atoms with Gasteiger partial charge in [-0.1, -0.05) is 26.2 Å². The minimum atomic E-state index is 0.512. The maximum absolute atomic E-state index is 4.42. The zero-order chi connectivity index (χ0) is 10.7. The third-order valence-corrected chi connectivity index (χ3v) is 3.78. The van der Waals surface area contributed by atoms with Crippen LogP contribution in [0.5, 0.6) is 0 Å². The average Bonchev–Trinajstić information content (AvgIpc) is 2.83. The van der Waals surface area contributed by atoms with Crippen molar-refractivity contribution in [1.82, 2.24) is 10.6 Å². The first kappa shape index (κ1) is 10.8. The molecule has 1 fully saturated rings. The van der Waals surface area contributed by atoms with Gasteiger partial charge in [0, 0.05) is 12.6 Å². The highest BCUT2D eigenvalue weighted by atomic mass is 15.2. The monoisotopic (exact) mass is 209 g/mol. The van der Waals surface area contributed by atoms with Crippen molar-refractivity contribution in [3.05, 3.63) is 0 Å². The maximum atomic E-state index is 4.42. The number of nitrogens with one attached hydrogen (secondary N) is 2. The quantitative estimate of drug-likeness (QED) is 0.743. The summed E-state index contributed by atoms with van der Waals surface area (Å²) >= 11 is 0. The number of hydrogen-bond donors (Lipinski definition) is 2. The van der Waals surface area contributed by atoms with Crippen LogP contribution >= 0.6 is 0 Å². The molecule has 1 heterocycles. The molecule has 3 atom stereocenters. The Morgan fingerprint density at radius 2 is 2.20 bits per heavy atom. The predicted molar refractivity (Wildman–Crippen MR) is 64.0 cm³/mol. The van der Waals surface area contributed by atoms with E-state index in [0.717, 1.165) is 30.9 Å². The van der Waals surface area contributed by atoms with Gasteiger partial charge >= 0.3 is 0 Å². The highest BCUT2D eigenvalue weighted by Crippen LogP contribution is 2.33. The lowest BCUT2D eigenvalue weighted by atomic mass is 9.94. The zero-order valence-electron chi connectivity index (χ0n) is 9.92. The van der Waals surface area contributed by atoms with Crippen LogP contribution in [0.15, 0.2) is 4.99 Å². The van der Waals surface area contributed by atoms with Crippen molar-refractivity contribution in [2.24, 2.45) is 16.8 Å². The Kier molecular flexibility index (Phi) is 3.49. The second-order valence-corrected chi connectivity index (χ2v) is 4.97. The molecule has 2 aliphatic rings. The fraction of sp³-hybridized carbons (Fsp3) is 0.917. The van der Waals surface area contributed by atoms with Crippen LogP contribution in [0.25, 0.3) is 0 Å². The fourth-order valence-corrected chi connectivity index (χ4v) is 2.81. The minimum Gasteiger partial charge on any atom is -0.356 e. The summed E-state index contributed by atoms with van der Waals surface area (Å²) in [4.78, 5) is 4.42. The molecule has 2 rings (SSSR count). The van der Waals surface area contributed by atoms with Crippen molar-refractivity contribution in [1.29, 1.82) is 0 Å². The van der Waals surface area contributed by atoms with Gasteiger partial charge in [0.15, 0.2) is 5.96 Å². The summed E-state index contributed by atoms with van der Waals surface area (Å²) in [6.07, 6.45) is 5.58. The summed E-state index contributed by atoms with van der Waals surface area (Å²) < 4.78 is 0. The largest absolute Gasteiger partial charge is 0.356 e. The maximum Gasteiger partial charge on any atom is 0.191 e. The van der Waals surface area contributed by atoms with Gasteiger partial charge in [0.1, 0.15) is 0 Å². The predicted octanol–water partition coefficient (Wildman–Crippen LogP) is 1.75. The van der Waals surface area contributed by atoms with E-state index in [0.29, 0.717) is 6.04 Å². The van der Waals surface area contributed by atoms with Crippen LogP contribution in [0.1, 0.15) is 39.5 Å². The van der Waals surface area contributed by atoms with Crippen molar-refractivity contribution in [2.45, 2.75) is 45.6 Å². The van der Waals surface area contributed by atoms with Gasteiger partial charge in [-0.2, -0.15) is 0 Å². The molecule has 15 heavy (non-hydrogen) atoms. The molecule has 0 aromatic carbocycles. The molecule has 2 N–H and O–H groups in total. The van der Waals surface area contributed by atoms with Gasteiger partial charge in [-0.15, -0.1) is 0 Å². The number of guanidine groups is 1. The van der Waals surface area contributed by atoms with E-state index in [1.165, 1.54) is 25.7 Å². The van der Waals surface area contributed by atoms with Crippen molar-refractivity contribution >= 4 is 5.96 Å². The van der Waals surface area contributed by atoms with Gasteiger partial charge in [0.2, 0.25) is 0 Å². The lowest BCUT2D eigenvalue weighted by molar-refractivity contribution is 0.374. The van der Waals surface area contributed by atoms with Gasteiger partial charge < -0.3 is 10.6 Å². The lowest BCUT2D eigenvalue weighted by Crippen LogP contribution is -2.40. The topological polar surface area (TPSA) is 36.4 Å². The summed E-state index contributed by atoms with van der Waals surface area (Å²) in [5, 5.41) is 6.81. The van der Waals surface area contributed by atoms with Gasteiger partial charge in [0.05, 0.1) is 6.54 Å². The molecule has 86 valence electrons. The molecule has 0 amide bonds. The van der Waals surface area contributed by atoms with Crippen LogP contribution in [-0.2, 0) is 0 Å². The van der Waals surface area contributed by atoms with Crippen LogP contribution in [0, 0.1) is 11.8 Å². The normalized spacial score (nSPS) is 35.1. The minimum absolute atomic E-state index is 0.512. The Morgan fingerprint density at radius 3 is 2.87 bits per heavy atom. The highest BCUT2D eigenvalue weighted by Gasteiger charge is 2.26. The van der Waals surface area contributed by atoms with Crippen LogP contribution in [-0.4, -0.2) is 25.1 Å². The number of aliphatic imine (C=N–C) groups is 1. The van der Waals surface area contributed by atoms with E-state index in [1.807, 2.05) is 0 Å². The number of nitrogens with zero attached hydrogens (tertiary/aromatic N) is 1. The van der Waals surface area contributed by atoms with Crippen LogP contribution < -0.4 is 10.6 Å². The standard InChI is InChI=1S/C12H23N3/c1-3-10-5-4-6-11(10)8-14-12-13-7-9(2)15-12/h9-11H,3-8H2,1-2H3,(H2,13,14,15). The Morgan fingerprint density at radius 1 is 1.40 bits per heavy atom. The van der Waals surface area contributed by atoms with Gasteiger partial charge in [0.25, 0.3) is 0 Å². The molecule has 0 saturated heterocycles. The number of hydrogen-bond acceptors (Lipinski definition) is 3. The first-order valence-electron chi connectivity index (χ1n) is 6.34. The zero-order valence-corrected chi connectivity index (χ0v) is 9.92. The molecular formula is C12H23N3. The van der Waals surface area contributed by atoms with Gasteiger partial charge in [-0.25, -0.2) is 0 Å². The van der Waals surface area contributed by atoms with E-state index in [1.54, 1.807) is 0 Å². The van der Waals surface area contributed by atoms with E-state index in [4.69, 9.17) is 0 Å². The van der Waals surface area contributed by atoms with Gasteiger partial charge in [-0.3, -0.25) is 4.99 Å². The molecule has 1 aliphatic carbocycles. The highest BCUT2D eigenvalue weighted by molar-refractivity contribution is 5.81. The summed E-state index contributed by atoms with van der Waals surface area (Å²) in [6.45, 7) is 6.51. The second-order valence-electron chi connectivity index (χ2n) is 4.97. The molecule has 1 saturated carbocycles. The van der Waals surface area contributed by atoms with Crippen molar-refractivity contribution in [3.63, 3.8) is 0 Å². The first-order valence-corrected chi connectivity index (χ1v) is 6.34. The Hall–Kier alpha value is -0.730. The van der Waals surface area contributed by atoms with Crippen molar-refractivity contribution < 1.29 is 0 Å². The lowest BCUT2D eigenvalue weighted by Gasteiger charge is -2.19. The molecule has 0 radical (unpaired) electrons. The summed E-state index contributed by atoms with van der Waals surface area (Å²) in [7, 11) is 0. The van der Waals surface area contributed by atoms with Crippen molar-refractivity contribution in [2.75, 3.05) is 13.1 Å². The SMILES string of the molecule is CCC1CCCC1CNC1=NCC(C)N1. The first-order chi connectivity index (χ1) is 7.29.